The molecule has 36 heavy (non-hydrogen) atoms. The number of aliphatic hydroxyl groups is 1. The number of halogens is 1. The molecule has 1 aliphatic heterocycles. The van der Waals surface area contributed by atoms with Crippen molar-refractivity contribution >= 4 is 55.7 Å². The summed E-state index contributed by atoms with van der Waals surface area (Å²) in [6.07, 6.45) is 0. The van der Waals surface area contributed by atoms with Crippen LogP contribution in [-0.2, 0) is 9.59 Å². The highest BCUT2D eigenvalue weighted by atomic mass is 35.5. The number of ketones is 1. The van der Waals surface area contributed by atoms with Gasteiger partial charge in [-0.15, -0.1) is 0 Å². The highest BCUT2D eigenvalue weighted by molar-refractivity contribution is 7.22. The van der Waals surface area contributed by atoms with Gasteiger partial charge < -0.3 is 14.6 Å². The van der Waals surface area contributed by atoms with E-state index in [1.165, 1.54) is 23.3 Å². The molecular formula is C27H21ClN2O5S. The van der Waals surface area contributed by atoms with Gasteiger partial charge in [0.1, 0.15) is 17.3 Å². The molecule has 5 rings (SSSR count). The van der Waals surface area contributed by atoms with Crippen molar-refractivity contribution in [3.8, 4) is 11.5 Å². The summed E-state index contributed by atoms with van der Waals surface area (Å²) in [6, 6.07) is 18.1. The van der Waals surface area contributed by atoms with Crippen LogP contribution in [-0.4, -0.2) is 35.5 Å². The number of ether oxygens (including phenoxy) is 2. The van der Waals surface area contributed by atoms with Crippen molar-refractivity contribution in [1.82, 2.24) is 4.98 Å². The maximum absolute atomic E-state index is 13.4. The van der Waals surface area contributed by atoms with E-state index in [-0.39, 0.29) is 11.3 Å². The van der Waals surface area contributed by atoms with Crippen LogP contribution in [0.5, 0.6) is 11.5 Å². The number of benzene rings is 3. The Morgan fingerprint density at radius 1 is 1.08 bits per heavy atom. The largest absolute Gasteiger partial charge is 0.507 e. The van der Waals surface area contributed by atoms with Gasteiger partial charge in [0.05, 0.1) is 35.5 Å². The predicted molar refractivity (Wildman–Crippen MR) is 140 cm³/mol. The second-order valence-electron chi connectivity index (χ2n) is 8.01. The summed E-state index contributed by atoms with van der Waals surface area (Å²) in [7, 11) is 1.54. The van der Waals surface area contributed by atoms with E-state index in [0.29, 0.717) is 44.9 Å². The standard InChI is InChI=1S/C27H21ClN2O5S/c1-3-35-19-6-4-5-16(13-19)23-22(24(31)15-7-10-18(34-2)11-8-15)25(32)26(33)30(23)27-29-20-12-9-17(28)14-21(20)36-27/h4-14,23,31H,3H2,1-2H3/b24-22+. The van der Waals surface area contributed by atoms with Gasteiger partial charge >= 0.3 is 5.91 Å². The molecule has 0 aliphatic carbocycles. The molecule has 0 bridgehead atoms. The second kappa shape index (κ2) is 9.64. The molecule has 1 aromatic heterocycles. The van der Waals surface area contributed by atoms with Crippen molar-refractivity contribution in [2.75, 3.05) is 18.6 Å². The van der Waals surface area contributed by atoms with E-state index in [1.54, 1.807) is 66.7 Å². The summed E-state index contributed by atoms with van der Waals surface area (Å²) in [5.74, 6) is -0.675. The number of carbonyl (C=O) groups excluding carboxylic acids is 2. The summed E-state index contributed by atoms with van der Waals surface area (Å²) in [5.41, 5.74) is 1.61. The third-order valence-electron chi connectivity index (χ3n) is 5.84. The van der Waals surface area contributed by atoms with Crippen LogP contribution in [0.15, 0.2) is 72.3 Å². The predicted octanol–water partition coefficient (Wildman–Crippen LogP) is 5.98. The minimum Gasteiger partial charge on any atom is -0.507 e. The van der Waals surface area contributed by atoms with Gasteiger partial charge in [-0.25, -0.2) is 4.98 Å². The molecule has 4 aromatic rings. The zero-order chi connectivity index (χ0) is 25.4. The Morgan fingerprint density at radius 3 is 2.58 bits per heavy atom. The molecule has 1 amide bonds. The van der Waals surface area contributed by atoms with Gasteiger partial charge in [0.15, 0.2) is 5.13 Å². The monoisotopic (exact) mass is 520 g/mol. The van der Waals surface area contributed by atoms with E-state index in [9.17, 15) is 14.7 Å². The molecule has 0 radical (unpaired) electrons. The van der Waals surface area contributed by atoms with E-state index in [2.05, 4.69) is 4.98 Å². The smallest absolute Gasteiger partial charge is 0.301 e. The SMILES string of the molecule is CCOc1cccc(C2/C(=C(\O)c3ccc(OC)cc3)C(=O)C(=O)N2c2nc3ccc(Cl)cc3s2)c1. The molecule has 1 atom stereocenters. The molecule has 0 saturated carbocycles. The molecule has 9 heteroatoms. The molecule has 0 spiro atoms. The Kier molecular flexibility index (Phi) is 6.38. The average Bonchev–Trinajstić information content (AvgIpc) is 3.41. The number of Topliss-reactive ketones (excluding diaryl/α,β-unsaturated/α-hetero) is 1. The third kappa shape index (κ3) is 4.19. The first-order valence-electron chi connectivity index (χ1n) is 11.2. The topological polar surface area (TPSA) is 89.0 Å². The lowest BCUT2D eigenvalue weighted by atomic mass is 9.95. The molecule has 2 heterocycles. The number of methoxy groups -OCH3 is 1. The number of hydrogen-bond acceptors (Lipinski definition) is 7. The van der Waals surface area contributed by atoms with Gasteiger partial charge in [0.2, 0.25) is 0 Å². The number of nitrogens with zero attached hydrogens (tertiary/aromatic N) is 2. The van der Waals surface area contributed by atoms with E-state index >= 15 is 0 Å². The number of anilines is 1. The fraction of sp³-hybridized carbons (Fsp3) is 0.148. The van der Waals surface area contributed by atoms with Crippen molar-refractivity contribution < 1.29 is 24.2 Å². The van der Waals surface area contributed by atoms with E-state index in [4.69, 9.17) is 21.1 Å². The lowest BCUT2D eigenvalue weighted by molar-refractivity contribution is -0.132. The second-order valence-corrected chi connectivity index (χ2v) is 9.46. The highest BCUT2D eigenvalue weighted by Gasteiger charge is 2.48. The molecule has 1 N–H and O–H groups in total. The summed E-state index contributed by atoms with van der Waals surface area (Å²) in [5, 5.41) is 12.2. The quantitative estimate of drug-likeness (QED) is 0.191. The summed E-state index contributed by atoms with van der Waals surface area (Å²) < 4.78 is 11.6. The molecule has 1 saturated heterocycles. The van der Waals surface area contributed by atoms with Crippen molar-refractivity contribution in [2.24, 2.45) is 0 Å². The van der Waals surface area contributed by atoms with Crippen molar-refractivity contribution in [1.29, 1.82) is 0 Å². The number of amides is 1. The zero-order valence-corrected chi connectivity index (χ0v) is 21.0. The molecular weight excluding hydrogens is 500 g/mol. The van der Waals surface area contributed by atoms with Gasteiger partial charge in [-0.2, -0.15) is 0 Å². The third-order valence-corrected chi connectivity index (χ3v) is 7.09. The lowest BCUT2D eigenvalue weighted by Crippen LogP contribution is -2.29. The summed E-state index contributed by atoms with van der Waals surface area (Å²) in [4.78, 5) is 32.7. The Labute approximate surface area is 216 Å². The van der Waals surface area contributed by atoms with E-state index < -0.39 is 17.7 Å². The fourth-order valence-electron chi connectivity index (χ4n) is 4.18. The number of aromatic nitrogens is 1. The molecule has 7 nitrogen and oxygen atoms in total. The number of thiazole rings is 1. The first-order chi connectivity index (χ1) is 17.4. The molecule has 3 aromatic carbocycles. The minimum atomic E-state index is -0.913. The number of fused-ring (bicyclic) bond motifs is 1. The maximum Gasteiger partial charge on any atom is 0.301 e. The molecule has 1 aliphatic rings. The van der Waals surface area contributed by atoms with E-state index in [1.807, 2.05) is 6.92 Å². The van der Waals surface area contributed by atoms with Gasteiger partial charge in [0, 0.05) is 10.6 Å². The number of hydrogen-bond donors (Lipinski definition) is 1. The Hall–Kier alpha value is -3.88. The molecule has 1 fully saturated rings. The van der Waals surface area contributed by atoms with Crippen LogP contribution in [0, 0.1) is 0 Å². The van der Waals surface area contributed by atoms with Gasteiger partial charge in [-0.3, -0.25) is 14.5 Å². The maximum atomic E-state index is 13.4. The van der Waals surface area contributed by atoms with Crippen LogP contribution >= 0.6 is 22.9 Å². The van der Waals surface area contributed by atoms with Crippen LogP contribution in [0.3, 0.4) is 0 Å². The number of rotatable bonds is 6. The van der Waals surface area contributed by atoms with Crippen LogP contribution in [0.2, 0.25) is 5.02 Å². The fourth-order valence-corrected chi connectivity index (χ4v) is 5.45. The van der Waals surface area contributed by atoms with Gasteiger partial charge in [-0.05, 0) is 67.1 Å². The Balaban J connectivity index is 1.71. The van der Waals surface area contributed by atoms with Crippen LogP contribution < -0.4 is 14.4 Å². The lowest BCUT2D eigenvalue weighted by Gasteiger charge is -2.23. The van der Waals surface area contributed by atoms with Crippen LogP contribution in [0.4, 0.5) is 5.13 Å². The first-order valence-corrected chi connectivity index (χ1v) is 12.3. The van der Waals surface area contributed by atoms with Crippen LogP contribution in [0.25, 0.3) is 16.0 Å². The zero-order valence-electron chi connectivity index (χ0n) is 19.4. The van der Waals surface area contributed by atoms with Crippen molar-refractivity contribution in [3.05, 3.63) is 88.5 Å². The van der Waals surface area contributed by atoms with Gasteiger partial charge in [0.25, 0.3) is 5.78 Å². The molecule has 182 valence electrons. The average molecular weight is 521 g/mol. The van der Waals surface area contributed by atoms with E-state index in [0.717, 1.165) is 4.70 Å². The highest BCUT2D eigenvalue weighted by Crippen LogP contribution is 2.45. The van der Waals surface area contributed by atoms with Crippen molar-refractivity contribution in [3.63, 3.8) is 0 Å². The minimum absolute atomic E-state index is 0.0314. The normalized spacial score (nSPS) is 17.1. The van der Waals surface area contributed by atoms with Crippen LogP contribution in [0.1, 0.15) is 24.1 Å². The van der Waals surface area contributed by atoms with Gasteiger partial charge in [-0.1, -0.05) is 35.1 Å². The van der Waals surface area contributed by atoms with Crippen molar-refractivity contribution in [2.45, 2.75) is 13.0 Å². The number of aliphatic hydroxyl groups excluding tert-OH is 1. The summed E-state index contributed by atoms with van der Waals surface area (Å²) >= 11 is 7.39. The summed E-state index contributed by atoms with van der Waals surface area (Å²) in [6.45, 7) is 2.32. The molecule has 1 unspecified atom stereocenters. The first kappa shape index (κ1) is 23.8. The Morgan fingerprint density at radius 2 is 1.86 bits per heavy atom. The number of carbonyl (C=O) groups is 2. The Bertz CT molecular complexity index is 1510.